The molecule has 1 rings (SSSR count). The van der Waals surface area contributed by atoms with Gasteiger partial charge in [0.25, 0.3) is 0 Å². The van der Waals surface area contributed by atoms with Gasteiger partial charge in [0.1, 0.15) is 0 Å². The van der Waals surface area contributed by atoms with Crippen LogP contribution in [-0.4, -0.2) is 16.6 Å². The quantitative estimate of drug-likeness (QED) is 0.852. The van der Waals surface area contributed by atoms with Gasteiger partial charge in [-0.2, -0.15) is 0 Å². The molecule has 0 fully saturated rings. The molecule has 0 aliphatic rings. The van der Waals surface area contributed by atoms with Crippen molar-refractivity contribution in [1.29, 1.82) is 0 Å². The minimum absolute atomic E-state index is 0.228. The predicted octanol–water partition coefficient (Wildman–Crippen LogP) is 2.26. The predicted molar refractivity (Wildman–Crippen MR) is 59.6 cm³/mol. The van der Waals surface area contributed by atoms with E-state index in [2.05, 4.69) is 0 Å². The summed E-state index contributed by atoms with van der Waals surface area (Å²) in [5.74, 6) is -3.56. The number of halogens is 2. The smallest absolute Gasteiger partial charge is 0.304 e. The number of hydrogen-bond acceptors (Lipinski definition) is 2. The Balaban J connectivity index is 3.13. The first kappa shape index (κ1) is 13.6. The van der Waals surface area contributed by atoms with Gasteiger partial charge in [-0.3, -0.25) is 4.79 Å². The van der Waals surface area contributed by atoms with E-state index < -0.39 is 29.1 Å². The molecule has 1 atom stereocenters. The van der Waals surface area contributed by atoms with E-state index in [1.807, 2.05) is 0 Å². The molecule has 1 aromatic rings. The van der Waals surface area contributed by atoms with Gasteiger partial charge in [-0.05, 0) is 31.5 Å². The number of nitrogens with two attached hydrogens (primary N) is 1. The minimum atomic E-state index is -1.03. The van der Waals surface area contributed by atoms with Crippen molar-refractivity contribution >= 4 is 5.97 Å². The molecular formula is C12H15F2NO2. The van der Waals surface area contributed by atoms with Crippen LogP contribution in [0.5, 0.6) is 0 Å². The van der Waals surface area contributed by atoms with Gasteiger partial charge >= 0.3 is 5.97 Å². The molecule has 0 radical (unpaired) electrons. The van der Waals surface area contributed by atoms with Gasteiger partial charge in [0.05, 0.1) is 6.42 Å². The molecule has 0 amide bonds. The number of hydrogen-bond donors (Lipinski definition) is 2. The Morgan fingerprint density at radius 2 is 2.00 bits per heavy atom. The van der Waals surface area contributed by atoms with Crippen LogP contribution in [0.15, 0.2) is 18.2 Å². The van der Waals surface area contributed by atoms with Crippen LogP contribution in [0.1, 0.15) is 31.7 Å². The maximum Gasteiger partial charge on any atom is 0.304 e. The average molecular weight is 243 g/mol. The fourth-order valence-electron chi connectivity index (χ4n) is 1.71. The summed E-state index contributed by atoms with van der Waals surface area (Å²) in [6.07, 6.45) is -0.228. The Bertz CT molecular complexity index is 427. The van der Waals surface area contributed by atoms with Crippen LogP contribution in [0.25, 0.3) is 0 Å². The minimum Gasteiger partial charge on any atom is -0.481 e. The van der Waals surface area contributed by atoms with Crippen molar-refractivity contribution < 1.29 is 18.7 Å². The number of rotatable bonds is 4. The second kappa shape index (κ2) is 4.79. The highest BCUT2D eigenvalue weighted by Gasteiger charge is 2.29. The molecule has 3 nitrogen and oxygen atoms in total. The average Bonchev–Trinajstić information content (AvgIpc) is 2.17. The SMILES string of the molecule is CC(C)(N)C(CC(=O)O)c1ccc(F)c(F)c1. The van der Waals surface area contributed by atoms with Crippen molar-refractivity contribution in [2.75, 3.05) is 0 Å². The standard InChI is InChI=1S/C12H15F2NO2/c1-12(2,15)8(6-11(16)17)7-3-4-9(13)10(14)5-7/h3-5,8H,6,15H2,1-2H3,(H,16,17). The van der Waals surface area contributed by atoms with Crippen LogP contribution in [0.2, 0.25) is 0 Å². The molecule has 0 aliphatic heterocycles. The molecule has 0 saturated carbocycles. The summed E-state index contributed by atoms with van der Waals surface area (Å²) in [4.78, 5) is 10.8. The zero-order chi connectivity index (χ0) is 13.2. The highest BCUT2D eigenvalue weighted by Crippen LogP contribution is 2.30. The first-order valence-corrected chi connectivity index (χ1v) is 5.17. The van der Waals surface area contributed by atoms with Crippen LogP contribution in [0.3, 0.4) is 0 Å². The lowest BCUT2D eigenvalue weighted by molar-refractivity contribution is -0.137. The summed E-state index contributed by atoms with van der Waals surface area (Å²) in [6.45, 7) is 3.31. The number of aliphatic carboxylic acids is 1. The molecule has 0 heterocycles. The maximum atomic E-state index is 13.1. The van der Waals surface area contributed by atoms with Crippen molar-refractivity contribution in [2.24, 2.45) is 5.73 Å². The Morgan fingerprint density at radius 3 is 2.41 bits per heavy atom. The lowest BCUT2D eigenvalue weighted by Crippen LogP contribution is -2.40. The van der Waals surface area contributed by atoms with E-state index in [1.54, 1.807) is 13.8 Å². The molecule has 17 heavy (non-hydrogen) atoms. The van der Waals surface area contributed by atoms with Crippen LogP contribution in [-0.2, 0) is 4.79 Å². The van der Waals surface area contributed by atoms with Crippen molar-refractivity contribution in [3.8, 4) is 0 Å². The summed E-state index contributed by atoms with van der Waals surface area (Å²) in [7, 11) is 0. The van der Waals surface area contributed by atoms with E-state index in [-0.39, 0.29) is 6.42 Å². The largest absolute Gasteiger partial charge is 0.481 e. The van der Waals surface area contributed by atoms with Crippen LogP contribution in [0.4, 0.5) is 8.78 Å². The van der Waals surface area contributed by atoms with Gasteiger partial charge < -0.3 is 10.8 Å². The van der Waals surface area contributed by atoms with Crippen LogP contribution < -0.4 is 5.73 Å². The molecule has 0 aliphatic carbocycles. The second-order valence-corrected chi connectivity index (χ2v) is 4.65. The van der Waals surface area contributed by atoms with E-state index in [4.69, 9.17) is 10.8 Å². The normalized spacial score (nSPS) is 13.5. The summed E-state index contributed by atoms with van der Waals surface area (Å²) >= 11 is 0. The van der Waals surface area contributed by atoms with Crippen molar-refractivity contribution in [3.63, 3.8) is 0 Å². The molecule has 3 N–H and O–H groups in total. The molecule has 0 bridgehead atoms. The highest BCUT2D eigenvalue weighted by atomic mass is 19.2. The molecule has 5 heteroatoms. The van der Waals surface area contributed by atoms with Crippen molar-refractivity contribution in [2.45, 2.75) is 31.7 Å². The number of carbonyl (C=O) groups is 1. The molecule has 1 aromatic carbocycles. The molecule has 1 unspecified atom stereocenters. The second-order valence-electron chi connectivity index (χ2n) is 4.65. The van der Waals surface area contributed by atoms with E-state index in [1.165, 1.54) is 6.07 Å². The molecule has 94 valence electrons. The van der Waals surface area contributed by atoms with Crippen LogP contribution >= 0.6 is 0 Å². The summed E-state index contributed by atoms with van der Waals surface area (Å²) in [6, 6.07) is 3.34. The third-order valence-corrected chi connectivity index (χ3v) is 2.62. The molecule has 0 spiro atoms. The van der Waals surface area contributed by atoms with E-state index >= 15 is 0 Å². The fourth-order valence-corrected chi connectivity index (χ4v) is 1.71. The fraction of sp³-hybridized carbons (Fsp3) is 0.417. The first-order chi connectivity index (χ1) is 7.71. The Morgan fingerprint density at radius 1 is 1.41 bits per heavy atom. The monoisotopic (exact) mass is 243 g/mol. The first-order valence-electron chi connectivity index (χ1n) is 5.17. The highest BCUT2D eigenvalue weighted by molar-refractivity contribution is 5.68. The van der Waals surface area contributed by atoms with Crippen molar-refractivity contribution in [1.82, 2.24) is 0 Å². The number of carboxylic acids is 1. The zero-order valence-electron chi connectivity index (χ0n) is 9.71. The van der Waals surface area contributed by atoms with Gasteiger partial charge in [-0.1, -0.05) is 6.07 Å². The van der Waals surface area contributed by atoms with Gasteiger partial charge in [0.2, 0.25) is 0 Å². The van der Waals surface area contributed by atoms with Gasteiger partial charge in [-0.15, -0.1) is 0 Å². The number of carboxylic acid groups (broad SMARTS) is 1. The Hall–Kier alpha value is -1.49. The lowest BCUT2D eigenvalue weighted by Gasteiger charge is -2.29. The van der Waals surface area contributed by atoms with Crippen molar-refractivity contribution in [3.05, 3.63) is 35.4 Å². The Kier molecular flexibility index (Phi) is 3.83. The van der Waals surface area contributed by atoms with Gasteiger partial charge in [0.15, 0.2) is 11.6 Å². The van der Waals surface area contributed by atoms with E-state index in [0.717, 1.165) is 12.1 Å². The van der Waals surface area contributed by atoms with E-state index in [0.29, 0.717) is 5.56 Å². The summed E-state index contributed by atoms with van der Waals surface area (Å²) < 4.78 is 25.9. The topological polar surface area (TPSA) is 63.3 Å². The van der Waals surface area contributed by atoms with Crippen LogP contribution in [0, 0.1) is 11.6 Å². The van der Waals surface area contributed by atoms with E-state index in [9.17, 15) is 13.6 Å². The summed E-state index contributed by atoms with van der Waals surface area (Å²) in [5, 5.41) is 8.81. The molecule has 0 saturated heterocycles. The third kappa shape index (κ3) is 3.49. The summed E-state index contributed by atoms with van der Waals surface area (Å²) in [5.41, 5.74) is 5.43. The Labute approximate surface area is 98.2 Å². The lowest BCUT2D eigenvalue weighted by atomic mass is 9.80. The van der Waals surface area contributed by atoms with Gasteiger partial charge in [-0.25, -0.2) is 8.78 Å². The van der Waals surface area contributed by atoms with Gasteiger partial charge in [0, 0.05) is 11.5 Å². The molecular weight excluding hydrogens is 228 g/mol. The zero-order valence-corrected chi connectivity index (χ0v) is 9.71. The number of benzene rings is 1. The maximum absolute atomic E-state index is 13.1. The third-order valence-electron chi connectivity index (χ3n) is 2.62. The molecule has 0 aromatic heterocycles.